The van der Waals surface area contributed by atoms with Crippen molar-refractivity contribution in [3.05, 3.63) is 50.4 Å². The van der Waals surface area contributed by atoms with Crippen molar-refractivity contribution in [3.63, 3.8) is 0 Å². The van der Waals surface area contributed by atoms with Gasteiger partial charge in [0.05, 0.1) is 5.01 Å². The minimum atomic E-state index is 0.675. The molecule has 1 heterocycles. The molecule has 1 aromatic carbocycles. The first kappa shape index (κ1) is 12.8. The van der Waals surface area contributed by atoms with Crippen LogP contribution in [0.5, 0.6) is 0 Å². The summed E-state index contributed by atoms with van der Waals surface area (Å²) < 4.78 is 0. The van der Waals surface area contributed by atoms with Crippen LogP contribution in [0.15, 0.2) is 29.8 Å². The first-order valence-corrected chi connectivity index (χ1v) is 6.91. The molecule has 0 aliphatic carbocycles. The predicted molar refractivity (Wildman–Crippen MR) is 74.0 cm³/mol. The Morgan fingerprint density at radius 2 is 1.94 bits per heavy atom. The van der Waals surface area contributed by atoms with Crippen LogP contribution in [-0.4, -0.2) is 11.5 Å². The lowest BCUT2D eigenvalue weighted by molar-refractivity contribution is 0.685. The van der Waals surface area contributed by atoms with Gasteiger partial charge in [0.2, 0.25) is 0 Å². The van der Waals surface area contributed by atoms with Gasteiger partial charge in [0.25, 0.3) is 0 Å². The maximum absolute atomic E-state index is 5.92. The summed E-state index contributed by atoms with van der Waals surface area (Å²) in [5.41, 5.74) is 1.10. The van der Waals surface area contributed by atoms with Crippen molar-refractivity contribution in [1.82, 2.24) is 10.3 Å². The van der Waals surface area contributed by atoms with E-state index in [0.717, 1.165) is 30.1 Å². The molecule has 0 saturated heterocycles. The number of benzene rings is 1. The van der Waals surface area contributed by atoms with E-state index in [1.807, 2.05) is 23.7 Å². The lowest BCUT2D eigenvalue weighted by Crippen LogP contribution is -2.16. The number of hydrogen-bond acceptors (Lipinski definition) is 3. The van der Waals surface area contributed by atoms with Crippen LogP contribution in [0.25, 0.3) is 0 Å². The van der Waals surface area contributed by atoms with E-state index in [-0.39, 0.29) is 0 Å². The summed E-state index contributed by atoms with van der Waals surface area (Å²) in [5.74, 6) is 0. The average Bonchev–Trinajstić information content (AvgIpc) is 2.76. The van der Waals surface area contributed by atoms with Crippen LogP contribution in [0.3, 0.4) is 0 Å². The predicted octanol–water partition coefficient (Wildman–Crippen LogP) is 3.78. The number of halogens is 2. The summed E-state index contributed by atoms with van der Waals surface area (Å²) in [4.78, 5) is 4.23. The zero-order chi connectivity index (χ0) is 12.1. The molecule has 0 radical (unpaired) electrons. The lowest BCUT2D eigenvalue weighted by atomic mass is 10.2. The Bertz CT molecular complexity index is 451. The highest BCUT2D eigenvalue weighted by molar-refractivity contribution is 7.09. The van der Waals surface area contributed by atoms with E-state index >= 15 is 0 Å². The number of nitrogens with one attached hydrogen (secondary N) is 1. The third-order valence-electron chi connectivity index (χ3n) is 2.25. The Hall–Kier alpha value is -0.610. The summed E-state index contributed by atoms with van der Waals surface area (Å²) in [6.07, 6.45) is 2.78. The van der Waals surface area contributed by atoms with Crippen LogP contribution in [0.4, 0.5) is 0 Å². The van der Waals surface area contributed by atoms with Gasteiger partial charge in [0, 0.05) is 41.1 Å². The smallest absolute Gasteiger partial charge is 0.0937 e. The minimum Gasteiger partial charge on any atom is -0.312 e. The zero-order valence-electron chi connectivity index (χ0n) is 9.12. The molecule has 0 atom stereocenters. The molecule has 0 aliphatic heterocycles. The number of aromatic nitrogens is 1. The molecule has 0 saturated carbocycles. The standard InChI is InChI=1S/C12H12Cl2N2S/c13-10-5-9(6-11(14)7-10)8-15-2-1-12-16-3-4-17-12/h3-7,15H,1-2,8H2. The van der Waals surface area contributed by atoms with Gasteiger partial charge in [-0.2, -0.15) is 0 Å². The molecule has 0 fully saturated rings. The molecule has 2 nitrogen and oxygen atoms in total. The molecular formula is C12H12Cl2N2S. The van der Waals surface area contributed by atoms with Gasteiger partial charge in [0.15, 0.2) is 0 Å². The first-order chi connectivity index (χ1) is 8.24. The van der Waals surface area contributed by atoms with Gasteiger partial charge in [-0.25, -0.2) is 4.98 Å². The van der Waals surface area contributed by atoms with Crippen molar-refractivity contribution in [3.8, 4) is 0 Å². The molecule has 0 aliphatic rings. The van der Waals surface area contributed by atoms with Crippen molar-refractivity contribution in [2.24, 2.45) is 0 Å². The third kappa shape index (κ3) is 4.28. The summed E-state index contributed by atoms with van der Waals surface area (Å²) in [6.45, 7) is 1.67. The van der Waals surface area contributed by atoms with Crippen molar-refractivity contribution < 1.29 is 0 Å². The maximum atomic E-state index is 5.92. The zero-order valence-corrected chi connectivity index (χ0v) is 11.4. The van der Waals surface area contributed by atoms with Crippen LogP contribution in [0.2, 0.25) is 10.0 Å². The highest BCUT2D eigenvalue weighted by Crippen LogP contribution is 2.18. The van der Waals surface area contributed by atoms with Gasteiger partial charge in [-0.1, -0.05) is 23.2 Å². The average molecular weight is 287 g/mol. The van der Waals surface area contributed by atoms with Gasteiger partial charge < -0.3 is 5.32 Å². The van der Waals surface area contributed by atoms with Crippen LogP contribution in [0.1, 0.15) is 10.6 Å². The molecule has 0 spiro atoms. The highest BCUT2D eigenvalue weighted by Gasteiger charge is 1.99. The fourth-order valence-corrected chi connectivity index (χ4v) is 2.71. The SMILES string of the molecule is Clc1cc(Cl)cc(CNCCc2nccs2)c1. The Labute approximate surface area is 115 Å². The summed E-state index contributed by atoms with van der Waals surface area (Å²) in [7, 11) is 0. The van der Waals surface area contributed by atoms with E-state index in [9.17, 15) is 0 Å². The van der Waals surface area contributed by atoms with Crippen LogP contribution >= 0.6 is 34.5 Å². The largest absolute Gasteiger partial charge is 0.312 e. The van der Waals surface area contributed by atoms with E-state index in [1.54, 1.807) is 17.4 Å². The Morgan fingerprint density at radius 3 is 2.59 bits per heavy atom. The van der Waals surface area contributed by atoms with Gasteiger partial charge in [-0.15, -0.1) is 11.3 Å². The van der Waals surface area contributed by atoms with E-state index in [0.29, 0.717) is 10.0 Å². The fraction of sp³-hybridized carbons (Fsp3) is 0.250. The molecule has 1 N–H and O–H groups in total. The second-order valence-corrected chi connectivity index (χ2v) is 5.48. The van der Waals surface area contributed by atoms with E-state index in [4.69, 9.17) is 23.2 Å². The van der Waals surface area contributed by atoms with Gasteiger partial charge in [-0.05, 0) is 23.8 Å². The summed E-state index contributed by atoms with van der Waals surface area (Å²) in [6, 6.07) is 5.58. The first-order valence-electron chi connectivity index (χ1n) is 5.28. The van der Waals surface area contributed by atoms with Crippen molar-refractivity contribution >= 4 is 34.5 Å². The lowest BCUT2D eigenvalue weighted by Gasteiger charge is -2.05. The number of thiazole rings is 1. The third-order valence-corrected chi connectivity index (χ3v) is 3.53. The van der Waals surface area contributed by atoms with Crippen molar-refractivity contribution in [2.75, 3.05) is 6.54 Å². The molecule has 90 valence electrons. The van der Waals surface area contributed by atoms with Crippen molar-refractivity contribution in [2.45, 2.75) is 13.0 Å². The van der Waals surface area contributed by atoms with E-state index in [2.05, 4.69) is 10.3 Å². The molecule has 5 heteroatoms. The Balaban J connectivity index is 1.78. The molecule has 0 amide bonds. The maximum Gasteiger partial charge on any atom is 0.0937 e. The van der Waals surface area contributed by atoms with Crippen LogP contribution in [0, 0.1) is 0 Å². The normalized spacial score (nSPS) is 10.7. The summed E-state index contributed by atoms with van der Waals surface area (Å²) in [5, 5.41) is 7.84. The second-order valence-electron chi connectivity index (χ2n) is 3.63. The van der Waals surface area contributed by atoms with Gasteiger partial charge in [0.1, 0.15) is 0 Å². The number of hydrogen-bond donors (Lipinski definition) is 1. The molecule has 1 aromatic heterocycles. The molecule has 2 rings (SSSR count). The molecule has 17 heavy (non-hydrogen) atoms. The number of rotatable bonds is 5. The van der Waals surface area contributed by atoms with Crippen molar-refractivity contribution in [1.29, 1.82) is 0 Å². The Kier molecular flexibility index (Phi) is 4.80. The van der Waals surface area contributed by atoms with E-state index < -0.39 is 0 Å². The van der Waals surface area contributed by atoms with Crippen LogP contribution in [-0.2, 0) is 13.0 Å². The molecular weight excluding hydrogens is 275 g/mol. The van der Waals surface area contributed by atoms with Gasteiger partial charge in [-0.3, -0.25) is 0 Å². The minimum absolute atomic E-state index is 0.675. The van der Waals surface area contributed by atoms with Gasteiger partial charge >= 0.3 is 0 Å². The summed E-state index contributed by atoms with van der Waals surface area (Å²) >= 11 is 13.5. The highest BCUT2D eigenvalue weighted by atomic mass is 35.5. The van der Waals surface area contributed by atoms with E-state index in [1.165, 1.54) is 0 Å². The molecule has 0 bridgehead atoms. The topological polar surface area (TPSA) is 24.9 Å². The monoisotopic (exact) mass is 286 g/mol. The molecule has 2 aromatic rings. The molecule has 0 unspecified atom stereocenters. The number of nitrogens with zero attached hydrogens (tertiary/aromatic N) is 1. The Morgan fingerprint density at radius 1 is 1.18 bits per heavy atom. The fourth-order valence-electron chi connectivity index (χ4n) is 1.52. The second kappa shape index (κ2) is 6.36. The quantitative estimate of drug-likeness (QED) is 0.846. The van der Waals surface area contributed by atoms with Crippen LogP contribution < -0.4 is 5.32 Å².